The van der Waals surface area contributed by atoms with E-state index in [4.69, 9.17) is 4.74 Å². The normalized spacial score (nSPS) is 13.1. The van der Waals surface area contributed by atoms with Gasteiger partial charge in [-0.2, -0.15) is 4.31 Å². The summed E-state index contributed by atoms with van der Waals surface area (Å²) in [5, 5.41) is 0. The minimum atomic E-state index is -3.69. The number of sulfonamides is 1. The van der Waals surface area contributed by atoms with E-state index >= 15 is 0 Å². The number of benzene rings is 2. The molecule has 142 valence electrons. The first kappa shape index (κ1) is 20.6. The molecule has 0 bridgehead atoms. The SMILES string of the molecule is CCCC(CN(Cc1ccc(F)cc1)S(=O)(=O)c1ccc(C)cc1)OC. The number of aryl methyl sites for hydroxylation is 1. The molecule has 6 heteroatoms. The maximum absolute atomic E-state index is 13.2. The quantitative estimate of drug-likeness (QED) is 0.658. The summed E-state index contributed by atoms with van der Waals surface area (Å²) in [5.41, 5.74) is 1.73. The van der Waals surface area contributed by atoms with Crippen LogP contribution in [0.5, 0.6) is 0 Å². The van der Waals surface area contributed by atoms with Crippen molar-refractivity contribution in [3.63, 3.8) is 0 Å². The highest BCUT2D eigenvalue weighted by molar-refractivity contribution is 7.89. The average Bonchev–Trinajstić information content (AvgIpc) is 2.62. The third-order valence-electron chi connectivity index (χ3n) is 4.28. The Bertz CT molecular complexity index is 789. The Morgan fingerprint density at radius 2 is 1.69 bits per heavy atom. The van der Waals surface area contributed by atoms with Gasteiger partial charge in [0.2, 0.25) is 10.0 Å². The third-order valence-corrected chi connectivity index (χ3v) is 6.11. The highest BCUT2D eigenvalue weighted by Gasteiger charge is 2.27. The zero-order valence-electron chi connectivity index (χ0n) is 15.5. The number of nitrogens with zero attached hydrogens (tertiary/aromatic N) is 1. The van der Waals surface area contributed by atoms with Crippen molar-refractivity contribution in [2.45, 2.75) is 44.2 Å². The van der Waals surface area contributed by atoms with Gasteiger partial charge in [0.1, 0.15) is 5.82 Å². The van der Waals surface area contributed by atoms with Crippen LogP contribution in [0.4, 0.5) is 4.39 Å². The molecule has 0 aliphatic rings. The van der Waals surface area contributed by atoms with E-state index in [1.807, 2.05) is 13.8 Å². The Balaban J connectivity index is 2.34. The van der Waals surface area contributed by atoms with Gasteiger partial charge in [-0.15, -0.1) is 0 Å². The van der Waals surface area contributed by atoms with Gasteiger partial charge in [0.15, 0.2) is 0 Å². The van der Waals surface area contributed by atoms with Crippen LogP contribution in [0.2, 0.25) is 0 Å². The Morgan fingerprint density at radius 1 is 1.08 bits per heavy atom. The highest BCUT2D eigenvalue weighted by Crippen LogP contribution is 2.21. The van der Waals surface area contributed by atoms with Crippen LogP contribution >= 0.6 is 0 Å². The molecule has 2 rings (SSSR count). The topological polar surface area (TPSA) is 46.6 Å². The van der Waals surface area contributed by atoms with Crippen molar-refractivity contribution in [2.24, 2.45) is 0 Å². The second-order valence-electron chi connectivity index (χ2n) is 6.38. The van der Waals surface area contributed by atoms with Crippen LogP contribution in [0.25, 0.3) is 0 Å². The molecule has 0 radical (unpaired) electrons. The molecular formula is C20H26FNO3S. The molecule has 26 heavy (non-hydrogen) atoms. The Morgan fingerprint density at radius 3 is 2.23 bits per heavy atom. The molecular weight excluding hydrogens is 353 g/mol. The van der Waals surface area contributed by atoms with Gasteiger partial charge in [-0.3, -0.25) is 0 Å². The molecule has 0 aliphatic heterocycles. The van der Waals surface area contributed by atoms with E-state index in [2.05, 4.69) is 0 Å². The minimum Gasteiger partial charge on any atom is -0.380 e. The van der Waals surface area contributed by atoms with Crippen molar-refractivity contribution in [3.05, 3.63) is 65.5 Å². The fourth-order valence-corrected chi connectivity index (χ4v) is 4.19. The summed E-state index contributed by atoms with van der Waals surface area (Å²) < 4.78 is 46.4. The van der Waals surface area contributed by atoms with Crippen molar-refractivity contribution in [2.75, 3.05) is 13.7 Å². The molecule has 0 fully saturated rings. The second-order valence-corrected chi connectivity index (χ2v) is 8.32. The van der Waals surface area contributed by atoms with Gasteiger partial charge in [0.25, 0.3) is 0 Å². The number of rotatable bonds is 9. The summed E-state index contributed by atoms with van der Waals surface area (Å²) in [6.45, 7) is 4.36. The molecule has 0 amide bonds. The predicted octanol–water partition coefficient (Wildman–Crippen LogP) is 4.14. The van der Waals surface area contributed by atoms with E-state index in [0.717, 1.165) is 24.0 Å². The first-order valence-electron chi connectivity index (χ1n) is 8.71. The van der Waals surface area contributed by atoms with Gasteiger partial charge in [0, 0.05) is 20.2 Å². The molecule has 0 aromatic heterocycles. The molecule has 1 atom stereocenters. The molecule has 0 saturated carbocycles. The number of ether oxygens (including phenoxy) is 1. The molecule has 0 heterocycles. The van der Waals surface area contributed by atoms with Crippen LogP contribution < -0.4 is 0 Å². The zero-order chi connectivity index (χ0) is 19.2. The Kier molecular flexibility index (Phi) is 7.32. The molecule has 0 saturated heterocycles. The highest BCUT2D eigenvalue weighted by atomic mass is 32.2. The minimum absolute atomic E-state index is 0.167. The first-order chi connectivity index (χ1) is 12.4. The van der Waals surface area contributed by atoms with Gasteiger partial charge in [-0.1, -0.05) is 43.2 Å². The van der Waals surface area contributed by atoms with Crippen molar-refractivity contribution in [3.8, 4) is 0 Å². The standard InChI is InChI=1S/C20H26FNO3S/c1-4-5-19(25-3)15-22(14-17-8-10-18(21)11-9-17)26(23,24)20-12-6-16(2)7-13-20/h6-13,19H,4-5,14-15H2,1-3H3. The first-order valence-corrected chi connectivity index (χ1v) is 10.1. The number of methoxy groups -OCH3 is 1. The van der Waals surface area contributed by atoms with Gasteiger partial charge in [-0.05, 0) is 43.2 Å². The lowest BCUT2D eigenvalue weighted by atomic mass is 10.2. The summed E-state index contributed by atoms with van der Waals surface area (Å²) >= 11 is 0. The van der Waals surface area contributed by atoms with Crippen LogP contribution in [0, 0.1) is 12.7 Å². The van der Waals surface area contributed by atoms with Crippen molar-refractivity contribution in [1.29, 1.82) is 0 Å². The van der Waals surface area contributed by atoms with E-state index in [0.29, 0.717) is 0 Å². The van der Waals surface area contributed by atoms with Crippen molar-refractivity contribution in [1.82, 2.24) is 4.31 Å². The summed E-state index contributed by atoms with van der Waals surface area (Å²) in [5.74, 6) is -0.345. The van der Waals surface area contributed by atoms with Gasteiger partial charge in [-0.25, -0.2) is 12.8 Å². The smallest absolute Gasteiger partial charge is 0.243 e. The molecule has 2 aromatic carbocycles. The molecule has 4 nitrogen and oxygen atoms in total. The number of hydrogen-bond acceptors (Lipinski definition) is 3. The summed E-state index contributed by atoms with van der Waals surface area (Å²) in [6.07, 6.45) is 1.47. The summed E-state index contributed by atoms with van der Waals surface area (Å²) in [6, 6.07) is 12.7. The summed E-state index contributed by atoms with van der Waals surface area (Å²) in [7, 11) is -2.10. The van der Waals surface area contributed by atoms with Crippen LogP contribution in [0.15, 0.2) is 53.4 Å². The van der Waals surface area contributed by atoms with Crippen molar-refractivity contribution < 1.29 is 17.5 Å². The Labute approximate surface area is 155 Å². The average molecular weight is 379 g/mol. The third kappa shape index (κ3) is 5.37. The van der Waals surface area contributed by atoms with E-state index in [9.17, 15) is 12.8 Å². The van der Waals surface area contributed by atoms with Crippen LogP contribution in [0.3, 0.4) is 0 Å². The van der Waals surface area contributed by atoms with Crippen molar-refractivity contribution >= 4 is 10.0 Å². The molecule has 2 aromatic rings. The molecule has 0 aliphatic carbocycles. The zero-order valence-corrected chi connectivity index (χ0v) is 16.3. The lowest BCUT2D eigenvalue weighted by molar-refractivity contribution is 0.0761. The number of hydrogen-bond donors (Lipinski definition) is 0. The van der Waals surface area contributed by atoms with Crippen LogP contribution in [0.1, 0.15) is 30.9 Å². The maximum atomic E-state index is 13.2. The van der Waals surface area contributed by atoms with E-state index in [1.165, 1.54) is 16.4 Å². The molecule has 1 unspecified atom stereocenters. The summed E-state index contributed by atoms with van der Waals surface area (Å²) in [4.78, 5) is 0.247. The Hall–Kier alpha value is -1.76. The largest absolute Gasteiger partial charge is 0.380 e. The van der Waals surface area contributed by atoms with Gasteiger partial charge >= 0.3 is 0 Å². The van der Waals surface area contributed by atoms with E-state index < -0.39 is 10.0 Å². The van der Waals surface area contributed by atoms with Crippen LogP contribution in [-0.2, 0) is 21.3 Å². The fraction of sp³-hybridized carbons (Fsp3) is 0.400. The predicted molar refractivity (Wildman–Crippen MR) is 101 cm³/mol. The lowest BCUT2D eigenvalue weighted by Gasteiger charge is -2.26. The monoisotopic (exact) mass is 379 g/mol. The van der Waals surface area contributed by atoms with E-state index in [1.54, 1.807) is 43.5 Å². The number of halogens is 1. The van der Waals surface area contributed by atoms with Crippen LogP contribution in [-0.4, -0.2) is 32.5 Å². The molecule has 0 spiro atoms. The fourth-order valence-electron chi connectivity index (χ4n) is 2.73. The van der Waals surface area contributed by atoms with E-state index in [-0.39, 0.29) is 29.9 Å². The second kappa shape index (κ2) is 9.26. The maximum Gasteiger partial charge on any atom is 0.243 e. The van der Waals surface area contributed by atoms with Gasteiger partial charge in [0.05, 0.1) is 11.0 Å². The lowest BCUT2D eigenvalue weighted by Crippen LogP contribution is -2.37. The molecule has 0 N–H and O–H groups in total. The van der Waals surface area contributed by atoms with Gasteiger partial charge < -0.3 is 4.74 Å².